The van der Waals surface area contributed by atoms with Crippen molar-refractivity contribution < 1.29 is 28.6 Å². The van der Waals surface area contributed by atoms with Crippen molar-refractivity contribution in [1.29, 1.82) is 0 Å². The predicted molar refractivity (Wildman–Crippen MR) is 358 cm³/mol. The molecule has 0 amide bonds. The van der Waals surface area contributed by atoms with Crippen LogP contribution in [0.5, 0.6) is 0 Å². The summed E-state index contributed by atoms with van der Waals surface area (Å²) < 4.78 is 17.0. The fourth-order valence-corrected chi connectivity index (χ4v) is 10.6. The first-order chi connectivity index (χ1) is 40.5. The number of hydrogen-bond acceptors (Lipinski definition) is 6. The summed E-state index contributed by atoms with van der Waals surface area (Å²) in [6.07, 6.45) is 92.2. The van der Waals surface area contributed by atoms with Crippen LogP contribution < -0.4 is 0 Å². The summed E-state index contributed by atoms with van der Waals surface area (Å²) >= 11 is 0. The maximum Gasteiger partial charge on any atom is 0.306 e. The zero-order chi connectivity index (χ0) is 59.2. The number of rotatable bonds is 66. The van der Waals surface area contributed by atoms with Crippen molar-refractivity contribution >= 4 is 17.9 Å². The van der Waals surface area contributed by atoms with Crippen molar-refractivity contribution in [2.45, 2.75) is 380 Å². The molecule has 0 aliphatic carbocycles. The van der Waals surface area contributed by atoms with E-state index in [1.807, 2.05) is 0 Å². The molecule has 0 saturated heterocycles. The Morgan fingerprint density at radius 1 is 0.256 bits per heavy atom. The Balaban J connectivity index is 4.27. The number of ether oxygens (including phenoxy) is 3. The summed E-state index contributed by atoms with van der Waals surface area (Å²) in [6.45, 7) is 6.57. The van der Waals surface area contributed by atoms with Gasteiger partial charge in [0, 0.05) is 19.3 Å². The zero-order valence-corrected chi connectivity index (χ0v) is 54.8. The molecule has 0 aliphatic rings. The normalized spacial score (nSPS) is 12.5. The van der Waals surface area contributed by atoms with Gasteiger partial charge in [0.2, 0.25) is 0 Å². The highest BCUT2D eigenvalue weighted by atomic mass is 16.6. The first-order valence-corrected chi connectivity index (χ1v) is 35.9. The molecule has 1 unspecified atom stereocenters. The quantitative estimate of drug-likeness (QED) is 0.0261. The molecule has 0 radical (unpaired) electrons. The van der Waals surface area contributed by atoms with E-state index >= 15 is 0 Å². The molecule has 0 aromatic rings. The Morgan fingerprint density at radius 3 is 0.756 bits per heavy atom. The van der Waals surface area contributed by atoms with Gasteiger partial charge in [-0.05, 0) is 89.9 Å². The summed E-state index contributed by atoms with van der Waals surface area (Å²) in [7, 11) is 0. The number of carbonyl (C=O) groups excluding carboxylic acids is 3. The van der Waals surface area contributed by atoms with E-state index in [0.717, 1.165) is 96.3 Å². The lowest BCUT2D eigenvalue weighted by Gasteiger charge is -2.18. The average Bonchev–Trinajstić information content (AvgIpc) is 3.48. The number of unbranched alkanes of at least 4 members (excludes halogenated alkanes) is 43. The van der Waals surface area contributed by atoms with Crippen LogP contribution in [0.4, 0.5) is 0 Å². The Hall–Kier alpha value is -3.15. The largest absolute Gasteiger partial charge is 0.462 e. The Morgan fingerprint density at radius 2 is 0.476 bits per heavy atom. The van der Waals surface area contributed by atoms with E-state index in [1.54, 1.807) is 0 Å². The fourth-order valence-electron chi connectivity index (χ4n) is 10.6. The van der Waals surface area contributed by atoms with E-state index in [1.165, 1.54) is 238 Å². The first kappa shape index (κ1) is 78.8. The van der Waals surface area contributed by atoms with Gasteiger partial charge in [-0.1, -0.05) is 338 Å². The first-order valence-electron chi connectivity index (χ1n) is 35.9. The maximum absolute atomic E-state index is 13.0. The molecule has 0 aliphatic heterocycles. The molecule has 0 N–H and O–H groups in total. The van der Waals surface area contributed by atoms with Gasteiger partial charge in [0.05, 0.1) is 0 Å². The maximum atomic E-state index is 13.0. The van der Waals surface area contributed by atoms with Gasteiger partial charge in [-0.3, -0.25) is 14.4 Å². The van der Waals surface area contributed by atoms with Crippen LogP contribution in [0, 0.1) is 0 Å². The molecule has 6 nitrogen and oxygen atoms in total. The van der Waals surface area contributed by atoms with Gasteiger partial charge in [0.25, 0.3) is 0 Å². The van der Waals surface area contributed by atoms with Crippen molar-refractivity contribution in [3.63, 3.8) is 0 Å². The van der Waals surface area contributed by atoms with Crippen molar-refractivity contribution in [2.24, 2.45) is 0 Å². The average molecular weight is 1150 g/mol. The van der Waals surface area contributed by atoms with E-state index in [-0.39, 0.29) is 31.1 Å². The van der Waals surface area contributed by atoms with Gasteiger partial charge < -0.3 is 14.2 Å². The van der Waals surface area contributed by atoms with Crippen molar-refractivity contribution in [1.82, 2.24) is 0 Å². The molecule has 476 valence electrons. The van der Waals surface area contributed by atoms with E-state index in [2.05, 4.69) is 93.7 Å². The molecule has 0 aromatic carbocycles. The summed E-state index contributed by atoms with van der Waals surface area (Å²) in [5, 5.41) is 0. The van der Waals surface area contributed by atoms with Crippen LogP contribution in [0.1, 0.15) is 374 Å². The Bertz CT molecular complexity index is 1500. The second-order valence-corrected chi connectivity index (χ2v) is 24.1. The lowest BCUT2D eigenvalue weighted by molar-refractivity contribution is -0.167. The van der Waals surface area contributed by atoms with Crippen molar-refractivity contribution in [2.75, 3.05) is 13.2 Å². The van der Waals surface area contributed by atoms with Crippen LogP contribution in [-0.2, 0) is 28.6 Å². The zero-order valence-electron chi connectivity index (χ0n) is 54.8. The molecule has 0 heterocycles. The van der Waals surface area contributed by atoms with Crippen LogP contribution in [0.3, 0.4) is 0 Å². The highest BCUT2D eigenvalue weighted by Crippen LogP contribution is 2.18. The lowest BCUT2D eigenvalue weighted by Crippen LogP contribution is -2.30. The smallest absolute Gasteiger partial charge is 0.306 e. The van der Waals surface area contributed by atoms with Gasteiger partial charge in [-0.15, -0.1) is 0 Å². The van der Waals surface area contributed by atoms with Crippen LogP contribution in [0.2, 0.25) is 0 Å². The summed E-state index contributed by atoms with van der Waals surface area (Å²) in [5.74, 6) is -0.863. The number of allylic oxidation sites excluding steroid dienone is 12. The second kappa shape index (κ2) is 70.3. The molecule has 0 aromatic heterocycles. The summed E-state index contributed by atoms with van der Waals surface area (Å²) in [6, 6.07) is 0. The minimum atomic E-state index is -0.779. The molecule has 0 spiro atoms. The number of carbonyl (C=O) groups is 3. The van der Waals surface area contributed by atoms with Gasteiger partial charge >= 0.3 is 17.9 Å². The molecule has 0 rings (SSSR count). The molecule has 0 bridgehead atoms. The topological polar surface area (TPSA) is 78.9 Å². The van der Waals surface area contributed by atoms with E-state index in [0.29, 0.717) is 19.3 Å². The molecule has 0 fully saturated rings. The second-order valence-electron chi connectivity index (χ2n) is 24.1. The van der Waals surface area contributed by atoms with E-state index in [9.17, 15) is 14.4 Å². The predicted octanol–water partition coefficient (Wildman–Crippen LogP) is 24.8. The molecular formula is C76H136O6. The fraction of sp³-hybridized carbons (Fsp3) is 0.803. The molecular weight excluding hydrogens is 1010 g/mol. The van der Waals surface area contributed by atoms with Gasteiger partial charge in [0.15, 0.2) is 6.10 Å². The third kappa shape index (κ3) is 67.6. The van der Waals surface area contributed by atoms with Crippen molar-refractivity contribution in [3.8, 4) is 0 Å². The third-order valence-electron chi connectivity index (χ3n) is 15.9. The summed E-state index contributed by atoms with van der Waals surface area (Å²) in [5.41, 5.74) is 0. The van der Waals surface area contributed by atoms with Crippen LogP contribution >= 0.6 is 0 Å². The van der Waals surface area contributed by atoms with Gasteiger partial charge in [-0.2, -0.15) is 0 Å². The van der Waals surface area contributed by atoms with Crippen molar-refractivity contribution in [3.05, 3.63) is 72.9 Å². The Kier molecular flexibility index (Phi) is 67.6. The minimum Gasteiger partial charge on any atom is -0.462 e. The van der Waals surface area contributed by atoms with Crippen LogP contribution in [-0.4, -0.2) is 37.2 Å². The van der Waals surface area contributed by atoms with Crippen LogP contribution in [0.25, 0.3) is 0 Å². The molecule has 1 atom stereocenters. The Labute approximate surface area is 510 Å². The van der Waals surface area contributed by atoms with Gasteiger partial charge in [0.1, 0.15) is 13.2 Å². The minimum absolute atomic E-state index is 0.0755. The highest BCUT2D eigenvalue weighted by molar-refractivity contribution is 5.71. The lowest BCUT2D eigenvalue weighted by atomic mass is 10.0. The summed E-state index contributed by atoms with van der Waals surface area (Å²) in [4.78, 5) is 38.5. The number of hydrogen-bond donors (Lipinski definition) is 0. The van der Waals surface area contributed by atoms with Gasteiger partial charge in [-0.25, -0.2) is 0 Å². The molecule has 0 saturated carbocycles. The molecule has 6 heteroatoms. The number of esters is 3. The van der Waals surface area contributed by atoms with E-state index < -0.39 is 6.10 Å². The SMILES string of the molecule is CC/C=C\C/C=C\C/C=C\C/C=C\C/C=C\CCCCCCCCCCCCCC(=O)OCC(COC(=O)CCCCCCC/C=C\CCCCCCC)OC(=O)CCCCCCCCCCCCCCCCCCCCCCCCC. The standard InChI is InChI=1S/C76H136O6/c1-4-7-10-13-16-19-22-25-28-30-32-34-36-37-38-39-41-42-44-46-48-51-54-57-60-63-66-69-75(78)81-72-73(71-80-74(77)68-65-62-59-56-53-50-27-24-21-18-15-12-9-6-3)82-76(79)70-67-64-61-58-55-52-49-47-45-43-40-35-33-31-29-26-23-20-17-14-11-8-5-2/h7,10,16,19,24-25,27-28,32,34,37-38,73H,4-6,8-9,11-15,17-18,20-23,26,29-31,33,35-36,39-72H2,1-3H3/b10-7-,19-16-,27-24-,28-25-,34-32-,38-37-. The van der Waals surface area contributed by atoms with Crippen LogP contribution in [0.15, 0.2) is 72.9 Å². The molecule has 82 heavy (non-hydrogen) atoms. The van der Waals surface area contributed by atoms with E-state index in [4.69, 9.17) is 14.2 Å². The third-order valence-corrected chi connectivity index (χ3v) is 15.9. The highest BCUT2D eigenvalue weighted by Gasteiger charge is 2.19. The monoisotopic (exact) mass is 1150 g/mol.